The van der Waals surface area contributed by atoms with Crippen LogP contribution < -0.4 is 0 Å². The molecule has 0 N–H and O–H groups in total. The first-order valence-electron chi connectivity index (χ1n) is 11.1. The van der Waals surface area contributed by atoms with Gasteiger partial charge in [0.15, 0.2) is 0 Å². The van der Waals surface area contributed by atoms with E-state index in [1.165, 1.54) is 62.5 Å². The van der Waals surface area contributed by atoms with E-state index in [-0.39, 0.29) is 5.78 Å². The maximum Gasteiger partial charge on any atom is 0.130 e. The summed E-state index contributed by atoms with van der Waals surface area (Å²) in [7, 11) is 0. The van der Waals surface area contributed by atoms with Crippen molar-refractivity contribution >= 4 is 5.78 Å². The Kier molecular flexibility index (Phi) is 12.9. The molecule has 0 heterocycles. The molecule has 0 aromatic rings. The summed E-state index contributed by atoms with van der Waals surface area (Å²) < 4.78 is 0. The van der Waals surface area contributed by atoms with Crippen LogP contribution in [0.2, 0.25) is 0 Å². The standard InChI is InChI=1S/C26H42O/c1-22(12-8-14-23(2)16-10-18-25(4)27)13-9-15-24(3)17-11-21-26-19-6-5-7-20-26/h12,15-16,21H,5-11,13-14,17-20H2,1-4H3. The van der Waals surface area contributed by atoms with E-state index in [1.807, 2.05) is 0 Å². The molecule has 0 saturated heterocycles. The molecule has 0 bridgehead atoms. The number of carbonyl (C=O) groups excluding carboxylic acids is 1. The zero-order chi connectivity index (χ0) is 19.9. The Morgan fingerprint density at radius 3 is 1.59 bits per heavy atom. The molecule has 1 aliphatic carbocycles. The molecule has 1 heteroatoms. The zero-order valence-electron chi connectivity index (χ0n) is 18.4. The average molecular weight is 371 g/mol. The Morgan fingerprint density at radius 1 is 0.667 bits per heavy atom. The lowest BCUT2D eigenvalue weighted by Crippen LogP contribution is -1.93. The lowest BCUT2D eigenvalue weighted by atomic mass is 9.93. The van der Waals surface area contributed by atoms with Crippen LogP contribution in [0.25, 0.3) is 0 Å². The Balaban J connectivity index is 2.18. The summed E-state index contributed by atoms with van der Waals surface area (Å²) in [5.41, 5.74) is 6.15. The second-order valence-corrected chi connectivity index (χ2v) is 8.43. The minimum absolute atomic E-state index is 0.281. The summed E-state index contributed by atoms with van der Waals surface area (Å²) in [5, 5.41) is 0. The summed E-state index contributed by atoms with van der Waals surface area (Å²) in [4.78, 5) is 11.0. The summed E-state index contributed by atoms with van der Waals surface area (Å²) in [6, 6.07) is 0. The van der Waals surface area contributed by atoms with Gasteiger partial charge in [0.2, 0.25) is 0 Å². The first kappa shape index (κ1) is 23.7. The highest BCUT2D eigenvalue weighted by Gasteiger charge is 2.04. The van der Waals surface area contributed by atoms with Crippen LogP contribution >= 0.6 is 0 Å². The molecule has 1 saturated carbocycles. The summed E-state index contributed by atoms with van der Waals surface area (Å²) in [6.45, 7) is 8.39. The van der Waals surface area contributed by atoms with Crippen molar-refractivity contribution in [2.75, 3.05) is 0 Å². The fourth-order valence-corrected chi connectivity index (χ4v) is 3.63. The molecular formula is C26H42O. The zero-order valence-corrected chi connectivity index (χ0v) is 18.4. The molecule has 1 nitrogen and oxygen atoms in total. The first-order valence-corrected chi connectivity index (χ1v) is 11.1. The maximum absolute atomic E-state index is 11.0. The topological polar surface area (TPSA) is 17.1 Å². The average Bonchev–Trinajstić information content (AvgIpc) is 2.62. The lowest BCUT2D eigenvalue weighted by molar-refractivity contribution is -0.116. The second-order valence-electron chi connectivity index (χ2n) is 8.43. The summed E-state index contributed by atoms with van der Waals surface area (Å²) in [5.74, 6) is 0.281. The predicted octanol–water partition coefficient (Wildman–Crippen LogP) is 8.43. The van der Waals surface area contributed by atoms with Crippen LogP contribution in [0, 0.1) is 0 Å². The normalized spacial score (nSPS) is 16.6. The van der Waals surface area contributed by atoms with E-state index < -0.39 is 0 Å². The van der Waals surface area contributed by atoms with Crippen LogP contribution in [0.4, 0.5) is 0 Å². The number of ketones is 1. The molecule has 0 aromatic heterocycles. The predicted molar refractivity (Wildman–Crippen MR) is 120 cm³/mol. The van der Waals surface area contributed by atoms with Gasteiger partial charge in [-0.2, -0.15) is 0 Å². The molecule has 1 fully saturated rings. The second kappa shape index (κ2) is 14.7. The summed E-state index contributed by atoms with van der Waals surface area (Å²) in [6.07, 6.45) is 25.1. The lowest BCUT2D eigenvalue weighted by Gasteiger charge is -2.13. The molecular weight excluding hydrogens is 328 g/mol. The van der Waals surface area contributed by atoms with Gasteiger partial charge in [0.05, 0.1) is 0 Å². The van der Waals surface area contributed by atoms with Crippen molar-refractivity contribution in [1.82, 2.24) is 0 Å². The fraction of sp³-hybridized carbons (Fsp3) is 0.654. The van der Waals surface area contributed by atoms with Crippen molar-refractivity contribution < 1.29 is 4.79 Å². The number of rotatable bonds is 12. The van der Waals surface area contributed by atoms with E-state index in [4.69, 9.17) is 0 Å². The van der Waals surface area contributed by atoms with Gasteiger partial charge in [0, 0.05) is 6.42 Å². The molecule has 0 unspecified atom stereocenters. The van der Waals surface area contributed by atoms with E-state index in [1.54, 1.807) is 18.1 Å². The van der Waals surface area contributed by atoms with Crippen LogP contribution in [0.15, 0.2) is 46.6 Å². The van der Waals surface area contributed by atoms with Gasteiger partial charge in [-0.05, 0) is 98.3 Å². The van der Waals surface area contributed by atoms with Crippen molar-refractivity contribution in [1.29, 1.82) is 0 Å². The highest BCUT2D eigenvalue weighted by molar-refractivity contribution is 5.75. The molecule has 1 aliphatic rings. The van der Waals surface area contributed by atoms with Gasteiger partial charge in [0.1, 0.15) is 5.78 Å². The third-order valence-electron chi connectivity index (χ3n) is 5.52. The highest BCUT2D eigenvalue weighted by Crippen LogP contribution is 2.23. The number of carbonyl (C=O) groups is 1. The van der Waals surface area contributed by atoms with E-state index in [0.29, 0.717) is 6.42 Å². The Morgan fingerprint density at radius 2 is 1.11 bits per heavy atom. The van der Waals surface area contributed by atoms with Gasteiger partial charge in [-0.25, -0.2) is 0 Å². The molecule has 0 aromatic carbocycles. The number of hydrogen-bond acceptors (Lipinski definition) is 1. The van der Waals surface area contributed by atoms with Crippen LogP contribution in [-0.4, -0.2) is 5.78 Å². The molecule has 0 amide bonds. The molecule has 0 aliphatic heterocycles. The number of hydrogen-bond donors (Lipinski definition) is 0. The highest BCUT2D eigenvalue weighted by atomic mass is 16.1. The SMILES string of the molecule is CC(=O)CCC=C(C)CCC=C(C)CCC=C(C)CCC=C1CCCCC1. The van der Waals surface area contributed by atoms with E-state index in [9.17, 15) is 4.79 Å². The molecule has 152 valence electrons. The smallest absolute Gasteiger partial charge is 0.130 e. The Hall–Kier alpha value is -1.37. The Bertz CT molecular complexity index is 549. The van der Waals surface area contributed by atoms with Gasteiger partial charge in [-0.1, -0.05) is 53.0 Å². The van der Waals surface area contributed by atoms with Crippen LogP contribution in [0.5, 0.6) is 0 Å². The minimum Gasteiger partial charge on any atom is -0.300 e. The van der Waals surface area contributed by atoms with Gasteiger partial charge >= 0.3 is 0 Å². The largest absolute Gasteiger partial charge is 0.300 e. The molecule has 0 atom stereocenters. The van der Waals surface area contributed by atoms with E-state index in [0.717, 1.165) is 25.7 Å². The molecule has 0 spiro atoms. The van der Waals surface area contributed by atoms with Crippen LogP contribution in [0.1, 0.15) is 111 Å². The summed E-state index contributed by atoms with van der Waals surface area (Å²) >= 11 is 0. The third-order valence-corrected chi connectivity index (χ3v) is 5.52. The van der Waals surface area contributed by atoms with Gasteiger partial charge in [0.25, 0.3) is 0 Å². The minimum atomic E-state index is 0.281. The van der Waals surface area contributed by atoms with Gasteiger partial charge < -0.3 is 4.79 Å². The fourth-order valence-electron chi connectivity index (χ4n) is 3.63. The monoisotopic (exact) mass is 370 g/mol. The van der Waals surface area contributed by atoms with Gasteiger partial charge in [-0.15, -0.1) is 0 Å². The van der Waals surface area contributed by atoms with E-state index >= 15 is 0 Å². The van der Waals surface area contributed by atoms with Gasteiger partial charge in [-0.3, -0.25) is 0 Å². The van der Waals surface area contributed by atoms with Crippen molar-refractivity contribution in [2.45, 2.75) is 111 Å². The van der Waals surface area contributed by atoms with Crippen molar-refractivity contribution in [3.8, 4) is 0 Å². The van der Waals surface area contributed by atoms with Crippen molar-refractivity contribution in [3.63, 3.8) is 0 Å². The van der Waals surface area contributed by atoms with E-state index in [2.05, 4.69) is 45.1 Å². The Labute approximate surface area is 168 Å². The quantitative estimate of drug-likeness (QED) is 0.315. The maximum atomic E-state index is 11.0. The number of allylic oxidation sites excluding steroid dienone is 8. The molecule has 0 radical (unpaired) electrons. The first-order chi connectivity index (χ1) is 13.0. The van der Waals surface area contributed by atoms with Crippen LogP contribution in [-0.2, 0) is 4.79 Å². The number of Topliss-reactive ketones (excluding diaryl/α,β-unsaturated/α-hetero) is 1. The van der Waals surface area contributed by atoms with Crippen molar-refractivity contribution in [3.05, 3.63) is 46.6 Å². The third kappa shape index (κ3) is 13.4. The van der Waals surface area contributed by atoms with Crippen molar-refractivity contribution in [2.24, 2.45) is 0 Å². The molecule has 27 heavy (non-hydrogen) atoms. The molecule has 1 rings (SSSR count). The van der Waals surface area contributed by atoms with Crippen LogP contribution in [0.3, 0.4) is 0 Å².